The van der Waals surface area contributed by atoms with E-state index >= 15 is 0 Å². The molecule has 0 saturated carbocycles. The van der Waals surface area contributed by atoms with Crippen molar-refractivity contribution in [2.75, 3.05) is 6.61 Å². The van der Waals surface area contributed by atoms with E-state index in [1.165, 1.54) is 0 Å². The first-order chi connectivity index (χ1) is 7.31. The topological polar surface area (TPSA) is 50.9 Å². The summed E-state index contributed by atoms with van der Waals surface area (Å²) < 4.78 is 2.85. The van der Waals surface area contributed by atoms with Crippen molar-refractivity contribution in [3.8, 4) is 5.69 Å². The van der Waals surface area contributed by atoms with Gasteiger partial charge in [-0.05, 0) is 34.7 Å². The van der Waals surface area contributed by atoms with Crippen molar-refractivity contribution in [2.45, 2.75) is 6.42 Å². The summed E-state index contributed by atoms with van der Waals surface area (Å²) in [5, 5.41) is 16.8. The molecule has 0 unspecified atom stereocenters. The molecule has 0 amide bonds. The maximum Gasteiger partial charge on any atom is 0.0854 e. The Bertz CT molecular complexity index is 455. The SMILES string of the molecule is OCCc1cn(-c2ccccc2I)nn1. The van der Waals surface area contributed by atoms with Gasteiger partial charge in [-0.3, -0.25) is 0 Å². The Labute approximate surface area is 101 Å². The summed E-state index contributed by atoms with van der Waals surface area (Å²) in [6.45, 7) is 0.102. The third kappa shape index (κ3) is 2.35. The van der Waals surface area contributed by atoms with Crippen LogP contribution in [0.15, 0.2) is 30.5 Å². The molecule has 1 aromatic heterocycles. The minimum absolute atomic E-state index is 0.102. The van der Waals surface area contributed by atoms with E-state index in [9.17, 15) is 0 Å². The van der Waals surface area contributed by atoms with Crippen LogP contribution in [0.5, 0.6) is 0 Å². The molecule has 1 heterocycles. The van der Waals surface area contributed by atoms with E-state index in [0.29, 0.717) is 6.42 Å². The molecule has 0 radical (unpaired) electrons. The first-order valence-corrected chi connectivity index (χ1v) is 5.66. The van der Waals surface area contributed by atoms with Crippen LogP contribution in [0, 0.1) is 3.57 Å². The molecule has 5 heteroatoms. The van der Waals surface area contributed by atoms with Crippen molar-refractivity contribution >= 4 is 22.6 Å². The molecule has 0 aliphatic carbocycles. The van der Waals surface area contributed by atoms with Crippen molar-refractivity contribution in [1.29, 1.82) is 0 Å². The molecule has 0 atom stereocenters. The number of halogens is 1. The van der Waals surface area contributed by atoms with Crippen LogP contribution < -0.4 is 0 Å². The summed E-state index contributed by atoms with van der Waals surface area (Å²) in [4.78, 5) is 0. The minimum atomic E-state index is 0.102. The molecule has 1 N–H and O–H groups in total. The Hall–Kier alpha value is -0.950. The van der Waals surface area contributed by atoms with Gasteiger partial charge in [0.2, 0.25) is 0 Å². The van der Waals surface area contributed by atoms with Crippen molar-refractivity contribution < 1.29 is 5.11 Å². The van der Waals surface area contributed by atoms with Crippen LogP contribution in [-0.4, -0.2) is 26.7 Å². The van der Waals surface area contributed by atoms with Crippen LogP contribution in [0.4, 0.5) is 0 Å². The fourth-order valence-corrected chi connectivity index (χ4v) is 1.92. The van der Waals surface area contributed by atoms with Gasteiger partial charge in [-0.25, -0.2) is 4.68 Å². The fraction of sp³-hybridized carbons (Fsp3) is 0.200. The van der Waals surface area contributed by atoms with Crippen molar-refractivity contribution in [1.82, 2.24) is 15.0 Å². The predicted molar refractivity (Wildman–Crippen MR) is 64.9 cm³/mol. The molecule has 1 aromatic carbocycles. The summed E-state index contributed by atoms with van der Waals surface area (Å²) in [6, 6.07) is 7.95. The summed E-state index contributed by atoms with van der Waals surface area (Å²) in [5.41, 5.74) is 1.81. The van der Waals surface area contributed by atoms with Gasteiger partial charge in [0.25, 0.3) is 0 Å². The Kier molecular flexibility index (Phi) is 3.32. The molecule has 15 heavy (non-hydrogen) atoms. The molecular weight excluding hydrogens is 305 g/mol. The summed E-state index contributed by atoms with van der Waals surface area (Å²) in [5.74, 6) is 0. The third-order valence-corrected chi connectivity index (χ3v) is 2.92. The molecule has 0 saturated heterocycles. The van der Waals surface area contributed by atoms with E-state index in [1.54, 1.807) is 4.68 Å². The van der Waals surface area contributed by atoms with Gasteiger partial charge in [0.15, 0.2) is 0 Å². The zero-order valence-electron chi connectivity index (χ0n) is 7.97. The second-order valence-electron chi connectivity index (χ2n) is 3.08. The van der Waals surface area contributed by atoms with Gasteiger partial charge >= 0.3 is 0 Å². The highest BCUT2D eigenvalue weighted by atomic mass is 127. The molecule has 0 aliphatic rings. The van der Waals surface area contributed by atoms with Crippen LogP contribution in [0.3, 0.4) is 0 Å². The number of hydrogen-bond donors (Lipinski definition) is 1. The van der Waals surface area contributed by atoms with Gasteiger partial charge in [-0.15, -0.1) is 5.10 Å². The number of nitrogens with zero attached hydrogens (tertiary/aromatic N) is 3. The van der Waals surface area contributed by atoms with Crippen LogP contribution >= 0.6 is 22.6 Å². The number of benzene rings is 1. The third-order valence-electron chi connectivity index (χ3n) is 2.01. The molecule has 78 valence electrons. The Morgan fingerprint density at radius 3 is 2.87 bits per heavy atom. The highest BCUT2D eigenvalue weighted by Crippen LogP contribution is 2.15. The summed E-state index contributed by atoms with van der Waals surface area (Å²) in [6.07, 6.45) is 2.39. The van der Waals surface area contributed by atoms with Gasteiger partial charge < -0.3 is 5.11 Å². The quantitative estimate of drug-likeness (QED) is 0.871. The number of rotatable bonds is 3. The van der Waals surface area contributed by atoms with Crippen molar-refractivity contribution in [3.05, 3.63) is 39.7 Å². The maximum atomic E-state index is 8.78. The fourth-order valence-electron chi connectivity index (χ4n) is 1.28. The minimum Gasteiger partial charge on any atom is -0.396 e. The van der Waals surface area contributed by atoms with E-state index in [0.717, 1.165) is 15.0 Å². The molecule has 2 rings (SSSR count). The monoisotopic (exact) mass is 315 g/mol. The van der Waals surface area contributed by atoms with Crippen molar-refractivity contribution in [2.24, 2.45) is 0 Å². The van der Waals surface area contributed by atoms with E-state index in [2.05, 4.69) is 32.9 Å². The lowest BCUT2D eigenvalue weighted by molar-refractivity contribution is 0.298. The van der Waals surface area contributed by atoms with Crippen LogP contribution in [0.1, 0.15) is 5.69 Å². The van der Waals surface area contributed by atoms with E-state index in [1.807, 2.05) is 30.5 Å². The Morgan fingerprint density at radius 2 is 2.13 bits per heavy atom. The molecule has 2 aromatic rings. The largest absolute Gasteiger partial charge is 0.396 e. The number of aliphatic hydroxyl groups excluding tert-OH is 1. The summed E-state index contributed by atoms with van der Waals surface area (Å²) >= 11 is 2.26. The van der Waals surface area contributed by atoms with Gasteiger partial charge in [0.1, 0.15) is 0 Å². The number of aromatic nitrogens is 3. The van der Waals surface area contributed by atoms with Crippen molar-refractivity contribution in [3.63, 3.8) is 0 Å². The zero-order chi connectivity index (χ0) is 10.7. The maximum absolute atomic E-state index is 8.78. The number of para-hydroxylation sites is 1. The Balaban J connectivity index is 2.33. The lowest BCUT2D eigenvalue weighted by Gasteiger charge is -2.01. The highest BCUT2D eigenvalue weighted by molar-refractivity contribution is 14.1. The second-order valence-corrected chi connectivity index (χ2v) is 4.24. The number of aliphatic hydroxyl groups is 1. The molecule has 0 fully saturated rings. The second kappa shape index (κ2) is 4.71. The van der Waals surface area contributed by atoms with E-state index < -0.39 is 0 Å². The van der Waals surface area contributed by atoms with Gasteiger partial charge in [0.05, 0.1) is 17.6 Å². The lowest BCUT2D eigenvalue weighted by atomic mass is 10.3. The highest BCUT2D eigenvalue weighted by Gasteiger charge is 2.04. The van der Waals surface area contributed by atoms with Gasteiger partial charge in [-0.2, -0.15) is 0 Å². The Morgan fingerprint density at radius 1 is 1.33 bits per heavy atom. The molecular formula is C10H10IN3O. The normalized spacial score (nSPS) is 10.5. The van der Waals surface area contributed by atoms with Crippen LogP contribution in [0.2, 0.25) is 0 Å². The van der Waals surface area contributed by atoms with Gasteiger partial charge in [-0.1, -0.05) is 17.3 Å². The molecule has 0 aliphatic heterocycles. The standard InChI is InChI=1S/C10H10IN3O/c11-9-3-1-2-4-10(9)14-7-8(5-6-15)12-13-14/h1-4,7,15H,5-6H2. The average Bonchev–Trinajstić information content (AvgIpc) is 2.68. The summed E-state index contributed by atoms with van der Waals surface area (Å²) in [7, 11) is 0. The molecule has 0 bridgehead atoms. The average molecular weight is 315 g/mol. The molecule has 0 spiro atoms. The van der Waals surface area contributed by atoms with E-state index in [-0.39, 0.29) is 6.61 Å². The predicted octanol–water partition coefficient (Wildman–Crippen LogP) is 1.41. The van der Waals surface area contributed by atoms with Crippen LogP contribution in [-0.2, 0) is 6.42 Å². The van der Waals surface area contributed by atoms with E-state index in [4.69, 9.17) is 5.11 Å². The lowest BCUT2D eigenvalue weighted by Crippen LogP contribution is -1.97. The number of hydrogen-bond acceptors (Lipinski definition) is 3. The smallest absolute Gasteiger partial charge is 0.0854 e. The first-order valence-electron chi connectivity index (χ1n) is 4.58. The zero-order valence-corrected chi connectivity index (χ0v) is 10.1. The van der Waals surface area contributed by atoms with Gasteiger partial charge in [0, 0.05) is 16.6 Å². The van der Waals surface area contributed by atoms with Crippen LogP contribution in [0.25, 0.3) is 5.69 Å². The first kappa shape index (κ1) is 10.6. The molecule has 4 nitrogen and oxygen atoms in total.